The van der Waals surface area contributed by atoms with Crippen molar-refractivity contribution >= 4 is 0 Å². The van der Waals surface area contributed by atoms with Gasteiger partial charge in [0.2, 0.25) is 0 Å². The number of rotatable bonds is 0. The first kappa shape index (κ1) is 37.8. The minimum absolute atomic E-state index is 0. The van der Waals surface area contributed by atoms with Gasteiger partial charge in [0.1, 0.15) is 0 Å². The molecule has 7 N–H and O–H groups in total. The average molecular weight is 187 g/mol. The molecule has 0 saturated carbocycles. The van der Waals surface area contributed by atoms with Crippen molar-refractivity contribution in [1.82, 2.24) is 12.3 Å². The molecule has 0 spiro atoms. The van der Waals surface area contributed by atoms with Crippen molar-refractivity contribution in [2.45, 2.75) is 0 Å². The van der Waals surface area contributed by atoms with E-state index >= 15 is 0 Å². The molecule has 0 atom stereocenters. The summed E-state index contributed by atoms with van der Waals surface area (Å²) < 4.78 is 0. The molecule has 0 aromatic carbocycles. The maximum Gasteiger partial charge on any atom is 0.152 e. The van der Waals surface area contributed by atoms with E-state index in [-0.39, 0.29) is 32.7 Å². The predicted octanol–water partition coefficient (Wildman–Crippen LogP) is 0.463. The first-order chi connectivity index (χ1) is 1.41. The molecular formula is H7N3O2Pd. The Kier molecular flexibility index (Phi) is 516. The Labute approximate surface area is 48.9 Å². The van der Waals surface area contributed by atoms with Gasteiger partial charge in [0, 0.05) is 20.4 Å². The van der Waals surface area contributed by atoms with Crippen LogP contribution in [-0.2, 0) is 20.4 Å². The van der Waals surface area contributed by atoms with Crippen LogP contribution >= 0.6 is 0 Å². The Hall–Kier alpha value is -0.0177. The summed E-state index contributed by atoms with van der Waals surface area (Å²) in [6, 6.07) is 0. The van der Waals surface area contributed by atoms with Crippen LogP contribution in [0.2, 0.25) is 0 Å². The van der Waals surface area contributed by atoms with E-state index in [0.29, 0.717) is 0 Å². The normalized spacial score (nSPS) is 2.00. The van der Waals surface area contributed by atoms with Gasteiger partial charge in [-0.3, -0.25) is 0 Å². The fourth-order valence-electron chi connectivity index (χ4n) is 0. The molecule has 6 heteroatoms. The molecule has 0 fully saturated rings. The van der Waals surface area contributed by atoms with Crippen LogP contribution in [0.25, 0.3) is 0 Å². The molecule has 0 heterocycles. The summed E-state index contributed by atoms with van der Waals surface area (Å²) >= 11 is 0. The molecule has 0 radical (unpaired) electrons. The molecule has 6 heavy (non-hydrogen) atoms. The third-order valence-corrected chi connectivity index (χ3v) is 0. The van der Waals surface area contributed by atoms with Crippen LogP contribution in [0.3, 0.4) is 0 Å². The molecule has 0 aliphatic heterocycles. The van der Waals surface area contributed by atoms with Gasteiger partial charge in [0.05, 0.1) is 0 Å². The second-order valence-electron chi connectivity index (χ2n) is 0.0816. The Morgan fingerprint density at radius 1 is 1.33 bits per heavy atom. The zero-order valence-electron chi connectivity index (χ0n) is 3.03. The van der Waals surface area contributed by atoms with Crippen LogP contribution < -0.4 is 12.3 Å². The van der Waals surface area contributed by atoms with Gasteiger partial charge in [-0.2, -0.15) is 0 Å². The molecule has 44 valence electrons. The van der Waals surface area contributed by atoms with E-state index in [9.17, 15) is 0 Å². The maximum absolute atomic E-state index is 8.11. The molecule has 0 amide bonds. The zero-order chi connectivity index (χ0) is 2.71. The van der Waals surface area contributed by atoms with Crippen molar-refractivity contribution in [3.05, 3.63) is 4.91 Å². The second kappa shape index (κ2) is 81.9. The van der Waals surface area contributed by atoms with E-state index in [4.69, 9.17) is 10.1 Å². The Morgan fingerprint density at radius 2 is 1.33 bits per heavy atom. The zero-order valence-corrected chi connectivity index (χ0v) is 4.59. The van der Waals surface area contributed by atoms with Crippen LogP contribution in [0.1, 0.15) is 0 Å². The topological polar surface area (TPSA) is 120 Å². The van der Waals surface area contributed by atoms with E-state index in [1.54, 1.807) is 0 Å². The van der Waals surface area contributed by atoms with E-state index in [2.05, 4.69) is 0 Å². The van der Waals surface area contributed by atoms with Gasteiger partial charge >= 0.3 is 0 Å². The summed E-state index contributed by atoms with van der Waals surface area (Å²) in [5.74, 6) is 0. The molecule has 0 saturated heterocycles. The predicted molar refractivity (Wildman–Crippen MR) is 17.6 cm³/mol. The SMILES string of the molecule is N.N.O=NO.[Pd]. The number of nitrogens with zero attached hydrogens (tertiary/aromatic N) is 1. The molecule has 0 aromatic rings. The van der Waals surface area contributed by atoms with Gasteiger partial charge in [0.15, 0.2) is 5.34 Å². The van der Waals surface area contributed by atoms with Crippen molar-refractivity contribution in [2.24, 2.45) is 5.34 Å². The van der Waals surface area contributed by atoms with E-state index in [1.807, 2.05) is 0 Å². The molecule has 0 bridgehead atoms. The van der Waals surface area contributed by atoms with Crippen LogP contribution in [-0.4, -0.2) is 5.21 Å². The van der Waals surface area contributed by atoms with Crippen LogP contribution in [0.5, 0.6) is 0 Å². The third kappa shape index (κ3) is 114000. The molecule has 0 aliphatic rings. The Balaban J connectivity index is -0.00000000667. The van der Waals surface area contributed by atoms with Crippen molar-refractivity contribution in [1.29, 1.82) is 0 Å². The van der Waals surface area contributed by atoms with Crippen molar-refractivity contribution < 1.29 is 25.6 Å². The first-order valence-electron chi connectivity index (χ1n) is 0.383. The van der Waals surface area contributed by atoms with Crippen molar-refractivity contribution in [2.75, 3.05) is 0 Å². The van der Waals surface area contributed by atoms with Gasteiger partial charge in [-0.05, 0) is 0 Å². The molecule has 0 rings (SSSR count). The molecule has 0 aromatic heterocycles. The summed E-state index contributed by atoms with van der Waals surface area (Å²) in [6.07, 6.45) is 0. The van der Waals surface area contributed by atoms with Gasteiger partial charge in [-0.1, -0.05) is 0 Å². The van der Waals surface area contributed by atoms with Gasteiger partial charge in [-0.15, -0.1) is 4.91 Å². The third-order valence-electron chi connectivity index (χ3n) is 0. The molecule has 5 nitrogen and oxygen atoms in total. The summed E-state index contributed by atoms with van der Waals surface area (Å²) in [6.45, 7) is 0. The van der Waals surface area contributed by atoms with Gasteiger partial charge in [0.25, 0.3) is 0 Å². The fraction of sp³-hybridized carbons (Fsp3) is 0. The monoisotopic (exact) mass is 187 g/mol. The van der Waals surface area contributed by atoms with Crippen LogP contribution in [0, 0.1) is 4.91 Å². The fourth-order valence-corrected chi connectivity index (χ4v) is 0. The number of hydrogen-bond donors (Lipinski definition) is 3. The molecule has 0 aliphatic carbocycles. The molecule has 0 unspecified atom stereocenters. The van der Waals surface area contributed by atoms with Crippen LogP contribution in [0.4, 0.5) is 0 Å². The van der Waals surface area contributed by atoms with Gasteiger partial charge in [-0.25, -0.2) is 0 Å². The van der Waals surface area contributed by atoms with E-state index in [1.165, 1.54) is 5.34 Å². The Morgan fingerprint density at radius 3 is 1.33 bits per heavy atom. The minimum atomic E-state index is 0. The Bertz CT molecular complexity index is 16.3. The second-order valence-corrected chi connectivity index (χ2v) is 0.0816. The van der Waals surface area contributed by atoms with Crippen LogP contribution in [0.15, 0.2) is 5.34 Å². The van der Waals surface area contributed by atoms with E-state index in [0.717, 1.165) is 0 Å². The first-order valence-corrected chi connectivity index (χ1v) is 0.383. The largest absolute Gasteiger partial charge is 0.379 e. The average Bonchev–Trinajstić information content (AvgIpc) is 0.918. The van der Waals surface area contributed by atoms with Crippen molar-refractivity contribution in [3.63, 3.8) is 0 Å². The summed E-state index contributed by atoms with van der Waals surface area (Å²) in [5.41, 5.74) is 0. The summed E-state index contributed by atoms with van der Waals surface area (Å²) in [7, 11) is 0. The van der Waals surface area contributed by atoms with E-state index < -0.39 is 0 Å². The van der Waals surface area contributed by atoms with Crippen molar-refractivity contribution in [3.8, 4) is 0 Å². The molecular weight excluding hydrogens is 180 g/mol. The summed E-state index contributed by atoms with van der Waals surface area (Å²) in [5, 5.41) is 7.89. The maximum atomic E-state index is 8.11. The minimum Gasteiger partial charge on any atom is -0.379 e. The standard InChI is InChI=1S/HNO2.2H3N.Pd/c2-1-3;;;/h(H,2,3);2*1H3;. The summed E-state index contributed by atoms with van der Waals surface area (Å²) in [4.78, 5) is 8.11. The smallest absolute Gasteiger partial charge is 0.152 e. The number of hydrogen-bond acceptors (Lipinski definition) is 4. The quantitative estimate of drug-likeness (QED) is 0.290. The van der Waals surface area contributed by atoms with Gasteiger partial charge < -0.3 is 17.5 Å².